The molecule has 1 heterocycles. The summed E-state index contributed by atoms with van der Waals surface area (Å²) < 4.78 is 2.30. The Labute approximate surface area is 124 Å². The maximum Gasteiger partial charge on any atom is 0.0497 e. The van der Waals surface area contributed by atoms with E-state index in [1.807, 2.05) is 0 Å². The van der Waals surface area contributed by atoms with Crippen LogP contribution < -0.4 is 0 Å². The summed E-state index contributed by atoms with van der Waals surface area (Å²) in [5.74, 6) is 0. The summed E-state index contributed by atoms with van der Waals surface area (Å²) in [5, 5.41) is 2.68. The largest absolute Gasteiger partial charge is 0.344 e. The molecule has 21 heavy (non-hydrogen) atoms. The molecule has 1 heteroatoms. The molecule has 0 unspecified atom stereocenters. The molecule has 0 atom stereocenters. The molecule has 0 radical (unpaired) electrons. The van der Waals surface area contributed by atoms with Crippen molar-refractivity contribution in [2.24, 2.45) is 7.05 Å². The molecule has 0 aliphatic rings. The Bertz CT molecular complexity index is 946. The van der Waals surface area contributed by atoms with Crippen LogP contribution in [0.4, 0.5) is 0 Å². The monoisotopic (exact) mass is 271 g/mol. The quantitative estimate of drug-likeness (QED) is 0.442. The first-order valence-corrected chi connectivity index (χ1v) is 7.29. The Balaban J connectivity index is 2.23. The van der Waals surface area contributed by atoms with Crippen molar-refractivity contribution in [2.75, 3.05) is 0 Å². The van der Waals surface area contributed by atoms with Gasteiger partial charge < -0.3 is 4.57 Å². The fourth-order valence-electron chi connectivity index (χ4n) is 3.27. The molecule has 4 aromatic rings. The molecule has 0 bridgehead atoms. The van der Waals surface area contributed by atoms with E-state index in [4.69, 9.17) is 0 Å². The molecular formula is C20H17N. The molecular weight excluding hydrogens is 254 g/mol. The minimum atomic E-state index is 1.28. The highest BCUT2D eigenvalue weighted by molar-refractivity contribution is 6.15. The van der Waals surface area contributed by atoms with Gasteiger partial charge >= 0.3 is 0 Å². The number of para-hydroxylation sites is 1. The third-order valence-corrected chi connectivity index (χ3v) is 4.24. The van der Waals surface area contributed by atoms with Gasteiger partial charge in [-0.1, -0.05) is 54.6 Å². The molecule has 0 amide bonds. The normalized spacial score (nSPS) is 11.3. The lowest BCUT2D eigenvalue weighted by molar-refractivity contribution is 1.01. The Hall–Kier alpha value is -2.54. The first kappa shape index (κ1) is 12.2. The van der Waals surface area contributed by atoms with Gasteiger partial charge in [0.05, 0.1) is 0 Å². The summed E-state index contributed by atoms with van der Waals surface area (Å²) in [6.07, 6.45) is 0. The van der Waals surface area contributed by atoms with Crippen LogP contribution in [0.3, 0.4) is 0 Å². The van der Waals surface area contributed by atoms with Crippen LogP contribution in [-0.2, 0) is 7.05 Å². The second-order valence-corrected chi connectivity index (χ2v) is 5.65. The van der Waals surface area contributed by atoms with Gasteiger partial charge in [-0.2, -0.15) is 0 Å². The number of nitrogens with zero attached hydrogens (tertiary/aromatic N) is 1. The fourth-order valence-corrected chi connectivity index (χ4v) is 3.27. The van der Waals surface area contributed by atoms with Crippen LogP contribution in [0.2, 0.25) is 0 Å². The first-order valence-electron chi connectivity index (χ1n) is 7.29. The van der Waals surface area contributed by atoms with E-state index in [1.165, 1.54) is 38.5 Å². The Morgan fingerprint density at radius 3 is 2.29 bits per heavy atom. The summed E-state index contributed by atoms with van der Waals surface area (Å²) in [7, 11) is 2.15. The zero-order valence-electron chi connectivity index (χ0n) is 12.3. The lowest BCUT2D eigenvalue weighted by atomic mass is 9.97. The number of rotatable bonds is 1. The van der Waals surface area contributed by atoms with E-state index in [0.717, 1.165) is 0 Å². The highest BCUT2D eigenvalue weighted by atomic mass is 14.9. The highest BCUT2D eigenvalue weighted by Crippen LogP contribution is 2.36. The molecule has 0 saturated heterocycles. The van der Waals surface area contributed by atoms with Crippen molar-refractivity contribution in [3.63, 3.8) is 0 Å². The maximum atomic E-state index is 2.30. The van der Waals surface area contributed by atoms with Gasteiger partial charge in [0, 0.05) is 28.9 Å². The molecule has 102 valence electrons. The number of aryl methyl sites for hydroxylation is 2. The van der Waals surface area contributed by atoms with Crippen LogP contribution in [0.5, 0.6) is 0 Å². The van der Waals surface area contributed by atoms with Crippen LogP contribution in [0.1, 0.15) is 5.56 Å². The van der Waals surface area contributed by atoms with Gasteiger partial charge in [-0.15, -0.1) is 0 Å². The van der Waals surface area contributed by atoms with Gasteiger partial charge in [-0.3, -0.25) is 0 Å². The molecule has 0 spiro atoms. The fraction of sp³-hybridized carbons (Fsp3) is 0.100. The molecule has 0 aliphatic carbocycles. The zero-order valence-corrected chi connectivity index (χ0v) is 12.3. The maximum absolute atomic E-state index is 2.30. The second-order valence-electron chi connectivity index (χ2n) is 5.65. The van der Waals surface area contributed by atoms with Gasteiger partial charge in [-0.05, 0) is 35.7 Å². The van der Waals surface area contributed by atoms with E-state index in [2.05, 4.69) is 85.3 Å². The van der Waals surface area contributed by atoms with Gasteiger partial charge in [0.1, 0.15) is 0 Å². The third-order valence-electron chi connectivity index (χ3n) is 4.24. The number of fused-ring (bicyclic) bond motifs is 3. The summed E-state index contributed by atoms with van der Waals surface area (Å²) >= 11 is 0. The highest BCUT2D eigenvalue weighted by Gasteiger charge is 2.13. The molecule has 0 aliphatic heterocycles. The summed E-state index contributed by atoms with van der Waals surface area (Å²) in [6.45, 7) is 2.17. The Kier molecular flexibility index (Phi) is 2.61. The van der Waals surface area contributed by atoms with Gasteiger partial charge in [0.15, 0.2) is 0 Å². The van der Waals surface area contributed by atoms with E-state index in [0.29, 0.717) is 0 Å². The molecule has 4 rings (SSSR count). The SMILES string of the molecule is Cc1cc(-c2ccccc2)c2c3ccccc3n(C)c2c1. The molecule has 0 saturated carbocycles. The molecule has 0 N–H and O–H groups in total. The van der Waals surface area contributed by atoms with E-state index >= 15 is 0 Å². The molecule has 1 aromatic heterocycles. The average Bonchev–Trinajstić information content (AvgIpc) is 2.81. The predicted octanol–water partition coefficient (Wildman–Crippen LogP) is 5.31. The topological polar surface area (TPSA) is 4.93 Å². The summed E-state index contributed by atoms with van der Waals surface area (Å²) in [5.41, 5.74) is 6.49. The second kappa shape index (κ2) is 4.49. The minimum Gasteiger partial charge on any atom is -0.344 e. The van der Waals surface area contributed by atoms with E-state index < -0.39 is 0 Å². The summed E-state index contributed by atoms with van der Waals surface area (Å²) in [4.78, 5) is 0. The lowest BCUT2D eigenvalue weighted by Gasteiger charge is -2.07. The average molecular weight is 271 g/mol. The Morgan fingerprint density at radius 1 is 0.762 bits per heavy atom. The molecule has 3 aromatic carbocycles. The number of aromatic nitrogens is 1. The number of hydrogen-bond acceptors (Lipinski definition) is 0. The van der Waals surface area contributed by atoms with E-state index in [-0.39, 0.29) is 0 Å². The first-order chi connectivity index (χ1) is 10.3. The zero-order chi connectivity index (χ0) is 14.4. The molecule has 0 fully saturated rings. The van der Waals surface area contributed by atoms with E-state index in [9.17, 15) is 0 Å². The number of hydrogen-bond donors (Lipinski definition) is 0. The van der Waals surface area contributed by atoms with Crippen molar-refractivity contribution in [1.29, 1.82) is 0 Å². The van der Waals surface area contributed by atoms with Crippen molar-refractivity contribution in [3.8, 4) is 11.1 Å². The third kappa shape index (κ3) is 1.78. The van der Waals surface area contributed by atoms with Crippen LogP contribution >= 0.6 is 0 Å². The van der Waals surface area contributed by atoms with Crippen molar-refractivity contribution in [2.45, 2.75) is 6.92 Å². The van der Waals surface area contributed by atoms with Crippen LogP contribution in [0.25, 0.3) is 32.9 Å². The van der Waals surface area contributed by atoms with Crippen molar-refractivity contribution in [3.05, 3.63) is 72.3 Å². The summed E-state index contributed by atoms with van der Waals surface area (Å²) in [6, 6.07) is 23.9. The van der Waals surface area contributed by atoms with Gasteiger partial charge in [-0.25, -0.2) is 0 Å². The smallest absolute Gasteiger partial charge is 0.0497 e. The van der Waals surface area contributed by atoms with Crippen LogP contribution in [0, 0.1) is 6.92 Å². The minimum absolute atomic E-state index is 1.28. The Morgan fingerprint density at radius 2 is 1.48 bits per heavy atom. The van der Waals surface area contributed by atoms with Crippen molar-refractivity contribution in [1.82, 2.24) is 4.57 Å². The van der Waals surface area contributed by atoms with E-state index in [1.54, 1.807) is 0 Å². The van der Waals surface area contributed by atoms with Crippen molar-refractivity contribution >= 4 is 21.8 Å². The van der Waals surface area contributed by atoms with Gasteiger partial charge in [0.25, 0.3) is 0 Å². The standard InChI is InChI=1S/C20H17N/c1-14-12-17(15-8-4-3-5-9-15)20-16-10-6-7-11-18(16)21(2)19(20)13-14/h3-13H,1-2H3. The van der Waals surface area contributed by atoms with Crippen LogP contribution in [0.15, 0.2) is 66.7 Å². The van der Waals surface area contributed by atoms with Gasteiger partial charge in [0.2, 0.25) is 0 Å². The van der Waals surface area contributed by atoms with Crippen LogP contribution in [-0.4, -0.2) is 4.57 Å². The predicted molar refractivity (Wildman–Crippen MR) is 90.6 cm³/mol. The number of benzene rings is 3. The lowest BCUT2D eigenvalue weighted by Crippen LogP contribution is -1.88. The van der Waals surface area contributed by atoms with Crippen molar-refractivity contribution < 1.29 is 0 Å². The molecule has 1 nitrogen and oxygen atoms in total.